The molecule has 0 aliphatic heterocycles. The average molecular weight is 1800 g/mol. The third-order valence-corrected chi connectivity index (χ3v) is 27.0. The first-order valence-corrected chi connectivity index (χ1v) is 52.8. The van der Waals surface area contributed by atoms with Gasteiger partial charge in [0.2, 0.25) is 5.91 Å². The second-order valence-corrected chi connectivity index (χ2v) is 44.1. The van der Waals surface area contributed by atoms with Gasteiger partial charge in [-0.2, -0.15) is 58.9 Å². The van der Waals surface area contributed by atoms with Crippen LogP contribution in [0.4, 0.5) is 0 Å². The van der Waals surface area contributed by atoms with E-state index in [0.29, 0.717) is 108 Å². The van der Waals surface area contributed by atoms with Gasteiger partial charge in [-0.1, -0.05) is 129 Å². The third kappa shape index (κ3) is 66.8. The van der Waals surface area contributed by atoms with Crippen molar-refractivity contribution in [3.63, 3.8) is 0 Å². The Bertz CT molecular complexity index is 3540. The Morgan fingerprint density at radius 3 is 1.19 bits per heavy atom. The first kappa shape index (κ1) is 113. The molecule has 6 rings (SSSR count). The summed E-state index contributed by atoms with van der Waals surface area (Å²) >= 11 is 0. The Balaban J connectivity index is 0.00000134. The lowest BCUT2D eigenvalue weighted by Crippen LogP contribution is -2.42. The fourth-order valence-electron chi connectivity index (χ4n) is 14.4. The number of carbonyl (C=O) groups is 2. The predicted octanol–water partition coefficient (Wildman–Crippen LogP) is 8.84. The maximum atomic E-state index is 11.3. The lowest BCUT2D eigenvalue weighted by Gasteiger charge is -2.37. The van der Waals surface area contributed by atoms with Crippen LogP contribution < -0.4 is 43.0 Å². The number of carbonyl (C=O) groups excluding carboxylic acids is 2. The number of rotatable bonds is 43. The van der Waals surface area contributed by atoms with Gasteiger partial charge in [0.25, 0.3) is 70.8 Å². The van der Waals surface area contributed by atoms with Gasteiger partial charge in [-0.25, -0.2) is 0 Å². The van der Waals surface area contributed by atoms with Crippen LogP contribution in [0, 0.1) is 29.1 Å². The maximum absolute atomic E-state index is 11.3. The summed E-state index contributed by atoms with van der Waals surface area (Å²) in [5, 5.41) is 22.5. The van der Waals surface area contributed by atoms with Crippen LogP contribution in [0.2, 0.25) is 0 Å². The van der Waals surface area contributed by atoms with E-state index in [1.807, 2.05) is 44.2 Å². The van der Waals surface area contributed by atoms with Crippen LogP contribution in [0.3, 0.4) is 0 Å². The van der Waals surface area contributed by atoms with E-state index in [4.69, 9.17) is 42.3 Å². The number of hydrogen-bond donors (Lipinski definition) is 15. The van der Waals surface area contributed by atoms with Gasteiger partial charge < -0.3 is 52.4 Å². The summed E-state index contributed by atoms with van der Waals surface area (Å²) in [4.78, 5) is 21.8. The van der Waals surface area contributed by atoms with Crippen molar-refractivity contribution in [1.82, 2.24) is 37.2 Å². The zero-order valence-electron chi connectivity index (χ0n) is 71.0. The van der Waals surface area contributed by atoms with E-state index >= 15 is 0 Å². The summed E-state index contributed by atoms with van der Waals surface area (Å²) in [6, 6.07) is 10.8. The molecule has 688 valence electrons. The van der Waals surface area contributed by atoms with Crippen LogP contribution in [0.15, 0.2) is 30.3 Å². The zero-order valence-corrected chi connectivity index (χ0v) is 76.7. The Morgan fingerprint density at radius 2 is 0.819 bits per heavy atom. The number of primary amides is 1. The summed E-state index contributed by atoms with van der Waals surface area (Å²) < 4.78 is 217. The van der Waals surface area contributed by atoms with Gasteiger partial charge in [-0.15, -0.1) is 0 Å². The lowest BCUT2D eigenvalue weighted by molar-refractivity contribution is -0.144. The van der Waals surface area contributed by atoms with Gasteiger partial charge in [-0.3, -0.25) is 41.5 Å². The normalized spacial score (nSPS) is 20.4. The van der Waals surface area contributed by atoms with Gasteiger partial charge in [0.15, 0.2) is 0 Å². The summed E-state index contributed by atoms with van der Waals surface area (Å²) in [6.07, 6.45) is 31.6. The van der Waals surface area contributed by atoms with Crippen molar-refractivity contribution in [2.24, 2.45) is 34.8 Å². The van der Waals surface area contributed by atoms with Crippen LogP contribution in [0.5, 0.6) is 0 Å². The molecule has 0 radical (unpaired) electrons. The first-order valence-electron chi connectivity index (χ1n) is 41.6. The molecular weight excluding hydrogens is 1650 g/mol. The molecule has 6 atom stereocenters. The van der Waals surface area contributed by atoms with E-state index in [1.54, 1.807) is 6.92 Å². The quantitative estimate of drug-likeness (QED) is 0.0126. The molecule has 0 heterocycles. The molecule has 40 heteroatoms. The predicted molar refractivity (Wildman–Crippen MR) is 459 cm³/mol. The highest BCUT2D eigenvalue weighted by Crippen LogP contribution is 2.38. The molecule has 5 aliphatic rings. The second kappa shape index (κ2) is 59.9. The van der Waals surface area contributed by atoms with E-state index in [9.17, 15) is 68.5 Å². The largest absolute Gasteiger partial charge is 0.468 e. The molecule has 0 bridgehead atoms. The Morgan fingerprint density at radius 1 is 0.457 bits per heavy atom. The van der Waals surface area contributed by atoms with Crippen molar-refractivity contribution in [3.05, 3.63) is 35.9 Å². The molecule has 33 nitrogen and oxygen atoms in total. The van der Waals surface area contributed by atoms with Gasteiger partial charge in [-0.05, 0) is 237 Å². The molecular formula is C76H152N8O25S7. The third-order valence-electron chi connectivity index (χ3n) is 21.4. The van der Waals surface area contributed by atoms with Crippen molar-refractivity contribution in [3.8, 4) is 0 Å². The van der Waals surface area contributed by atoms with Gasteiger partial charge in [0.05, 0.1) is 66.1 Å². The van der Waals surface area contributed by atoms with Crippen molar-refractivity contribution in [1.29, 1.82) is 0 Å². The first-order chi connectivity index (χ1) is 53.7. The zero-order chi connectivity index (χ0) is 88.3. The highest BCUT2D eigenvalue weighted by Gasteiger charge is 2.31. The van der Waals surface area contributed by atoms with E-state index in [0.717, 1.165) is 42.6 Å². The van der Waals surface area contributed by atoms with Crippen molar-refractivity contribution in [2.75, 3.05) is 93.2 Å². The number of hydrogen-bond acceptors (Lipinski definition) is 25. The molecule has 116 heavy (non-hydrogen) atoms. The minimum Gasteiger partial charge on any atom is -0.468 e. The van der Waals surface area contributed by atoms with Crippen LogP contribution in [-0.4, -0.2) is 244 Å². The number of nitrogens with one attached hydrogen (secondary N) is 7. The molecule has 16 N–H and O–H groups in total. The van der Waals surface area contributed by atoms with Crippen molar-refractivity contribution in [2.45, 2.75) is 309 Å². The number of ether oxygens (including phenoxy) is 2. The summed E-state index contributed by atoms with van der Waals surface area (Å²) in [7, 11) is -25.5. The standard InChI is InChI=1S/C15H23NO4S.C13H27NO3S.3C11H23NO3S.C9H19NO5S.C6H14N2O4S/c17-21(18,19)11-5-10-16-14-8-4-9-15(14)20-12-13-6-2-1-3-7-13;1-13(2,3)11-5-7-12(8-6-11)14-9-4-10-18(15,16)17;2*1-10(11-6-3-2-4-7-11)12-8-5-9-16(13,14)15;1-11(7-4-2-3-5-8-11)12-9-6-10-16(13,14)15;1-7(2)8(9(11)15-3)10-5-4-6-16(12,13)14;1-5(6(7)9)8-3-2-4-13(10,11)12/h1-3,6-7,14-16H,4-5,8-12H2,(H,17,18,19);11-12,14H,4-10H2,1-3H3,(H,15,16,17);2*10-12H,2-9H2,1H3,(H,13,14,15);12H,2-10H2,1H3,(H,13,14,15);7-8,10H,4-6H2,1-3H3,(H,12,13,14);5,8H,2-4H2,1H3,(H2,7,9)(H,10,11,12)/t14-,15-;;2*10-;;8-;5-/m0.10.00/s1. The van der Waals surface area contributed by atoms with Crippen LogP contribution in [-0.2, 0) is 96.5 Å². The fraction of sp³-hybridized carbons (Fsp3) is 0.895. The molecule has 1 amide bonds. The second-order valence-electron chi connectivity index (χ2n) is 33.1. The van der Waals surface area contributed by atoms with Crippen molar-refractivity contribution >= 4 is 82.7 Å². The van der Waals surface area contributed by atoms with Crippen LogP contribution in [0.1, 0.15) is 261 Å². The number of esters is 1. The SMILES string of the molecule is CC(C)(C)C1CCC(NCCCS(=O)(=O)O)CC1.CC1(NCCCS(=O)(=O)O)CCCCCC1.COC(=O)[C@@H](NCCCS(=O)(=O)O)C(C)C.C[C@@H](NCCCS(=O)(=O)O)C1CCCCC1.C[C@H](NCCCS(=O)(=O)O)C(N)=O.C[C@H](NCCCS(=O)(=O)O)C1CCCCC1.O=S(=O)(O)CCCN[C@H]1CCC[C@@H]1OCc1ccccc1. The number of benzene rings is 1. The van der Waals surface area contributed by atoms with Gasteiger partial charge in [0, 0.05) is 29.7 Å². The molecule has 0 aromatic heterocycles. The minimum atomic E-state index is -3.92. The highest BCUT2D eigenvalue weighted by atomic mass is 32.2. The van der Waals surface area contributed by atoms with Crippen LogP contribution in [0.25, 0.3) is 0 Å². The average Bonchev–Trinajstić information content (AvgIpc) is 1.10. The number of nitrogens with two attached hydrogens (primary N) is 1. The maximum Gasteiger partial charge on any atom is 0.323 e. The van der Waals surface area contributed by atoms with Crippen LogP contribution >= 0.6 is 0 Å². The van der Waals surface area contributed by atoms with Crippen molar-refractivity contribution < 1.29 is 110 Å². The Hall–Kier alpha value is -2.79. The number of amides is 1. The molecule has 5 aliphatic carbocycles. The number of methoxy groups -OCH3 is 1. The lowest BCUT2D eigenvalue weighted by atomic mass is 9.71. The van der Waals surface area contributed by atoms with E-state index in [1.165, 1.54) is 136 Å². The molecule has 0 unspecified atom stereocenters. The van der Waals surface area contributed by atoms with E-state index < -0.39 is 88.8 Å². The van der Waals surface area contributed by atoms with E-state index in [-0.39, 0.29) is 82.7 Å². The van der Waals surface area contributed by atoms with E-state index in [2.05, 4.69) is 83.5 Å². The molecule has 1 aromatic rings. The topological polar surface area (TPSA) is 543 Å². The molecule has 1 aromatic carbocycles. The van der Waals surface area contributed by atoms with Gasteiger partial charge in [0.1, 0.15) is 6.04 Å². The molecule has 0 spiro atoms. The molecule has 0 saturated heterocycles. The minimum absolute atomic E-state index is 0.0539. The monoisotopic (exact) mass is 1800 g/mol. The summed E-state index contributed by atoms with van der Waals surface area (Å²) in [5.41, 5.74) is 6.66. The van der Waals surface area contributed by atoms with Gasteiger partial charge >= 0.3 is 5.97 Å². The summed E-state index contributed by atoms with van der Waals surface area (Å²) in [6.45, 7) is 23.3. The Kier molecular flexibility index (Phi) is 58.5. The molecule has 5 saturated carbocycles. The smallest absolute Gasteiger partial charge is 0.323 e. The molecule has 5 fully saturated rings. The highest BCUT2D eigenvalue weighted by molar-refractivity contribution is 7.87. The Labute approximate surface area is 698 Å². The fourth-order valence-corrected chi connectivity index (χ4v) is 18.0. The summed E-state index contributed by atoms with van der Waals surface area (Å²) in [5.74, 6) is 0.0706.